The molecule has 3 aromatic heterocycles. The molecule has 5 rings (SSSR count). The number of nitrogens with zero attached hydrogens (tertiary/aromatic N) is 4. The van der Waals surface area contributed by atoms with Gasteiger partial charge in [0.1, 0.15) is 5.65 Å². The van der Waals surface area contributed by atoms with Crippen LogP contribution in [0.2, 0.25) is 0 Å². The topological polar surface area (TPSA) is 33.4 Å². The van der Waals surface area contributed by atoms with Crippen LogP contribution in [0, 0.1) is 0 Å². The summed E-state index contributed by atoms with van der Waals surface area (Å²) in [6, 6.07) is 19.1. The van der Waals surface area contributed by atoms with E-state index in [1.54, 1.807) is 0 Å². The van der Waals surface area contributed by atoms with E-state index in [-0.39, 0.29) is 0 Å². The molecule has 1 fully saturated rings. The third-order valence-electron chi connectivity index (χ3n) is 6.26. The van der Waals surface area contributed by atoms with Gasteiger partial charge in [0.05, 0.1) is 17.6 Å². The first kappa shape index (κ1) is 19.0. The molecule has 0 unspecified atom stereocenters. The zero-order valence-corrected chi connectivity index (χ0v) is 17.5. The molecule has 0 aliphatic carbocycles. The molecule has 0 spiro atoms. The highest BCUT2D eigenvalue weighted by atomic mass is 15.1. The molecule has 30 heavy (non-hydrogen) atoms. The average Bonchev–Trinajstić information content (AvgIpc) is 3.24. The second-order valence-electron chi connectivity index (χ2n) is 8.24. The molecule has 4 heteroatoms. The van der Waals surface area contributed by atoms with Crippen LogP contribution in [0.1, 0.15) is 37.7 Å². The van der Waals surface area contributed by atoms with Gasteiger partial charge < -0.3 is 4.90 Å². The highest BCUT2D eigenvalue weighted by molar-refractivity contribution is 5.70. The number of aromatic nitrogens is 3. The van der Waals surface area contributed by atoms with Crippen molar-refractivity contribution in [3.8, 4) is 22.5 Å². The molecule has 4 nitrogen and oxygen atoms in total. The van der Waals surface area contributed by atoms with Crippen LogP contribution in [0.25, 0.3) is 28.2 Å². The van der Waals surface area contributed by atoms with E-state index < -0.39 is 0 Å². The Bertz CT molecular complexity index is 1120. The van der Waals surface area contributed by atoms with Crippen LogP contribution >= 0.6 is 0 Å². The molecule has 0 radical (unpaired) electrons. The SMILES string of the molecule is CCCN1CCC(c2ccn3c(-c4ccnc(-c5ccccc5)c4)cnc3c2)CC1. The smallest absolute Gasteiger partial charge is 0.137 e. The van der Waals surface area contributed by atoms with Crippen molar-refractivity contribution in [3.63, 3.8) is 0 Å². The minimum Gasteiger partial charge on any atom is -0.303 e. The van der Waals surface area contributed by atoms with Gasteiger partial charge in [-0.15, -0.1) is 0 Å². The standard InChI is InChI=1S/C26H28N4/c1-2-13-29-14-9-20(10-15-29)22-11-16-30-25(19-28-26(30)18-22)23-8-12-27-24(17-23)21-6-4-3-5-7-21/h3-8,11-12,16-20H,2,9-10,13-15H2,1H3. The number of likely N-dealkylation sites (tertiary alicyclic amines) is 1. The van der Waals surface area contributed by atoms with E-state index in [1.807, 2.05) is 30.6 Å². The summed E-state index contributed by atoms with van der Waals surface area (Å²) in [7, 11) is 0. The van der Waals surface area contributed by atoms with E-state index in [1.165, 1.54) is 44.5 Å². The lowest BCUT2D eigenvalue weighted by molar-refractivity contribution is 0.213. The minimum atomic E-state index is 0.647. The predicted molar refractivity (Wildman–Crippen MR) is 123 cm³/mol. The van der Waals surface area contributed by atoms with Crippen LogP contribution in [-0.4, -0.2) is 38.9 Å². The first-order valence-electron chi connectivity index (χ1n) is 11.0. The second kappa shape index (κ2) is 8.41. The Balaban J connectivity index is 1.41. The molecule has 0 amide bonds. The third-order valence-corrected chi connectivity index (χ3v) is 6.26. The summed E-state index contributed by atoms with van der Waals surface area (Å²) >= 11 is 0. The number of rotatable bonds is 5. The Morgan fingerprint density at radius 2 is 1.77 bits per heavy atom. The highest BCUT2D eigenvalue weighted by Gasteiger charge is 2.20. The summed E-state index contributed by atoms with van der Waals surface area (Å²) < 4.78 is 2.19. The van der Waals surface area contributed by atoms with Gasteiger partial charge in [0, 0.05) is 23.5 Å². The van der Waals surface area contributed by atoms with Gasteiger partial charge in [-0.1, -0.05) is 37.3 Å². The van der Waals surface area contributed by atoms with Gasteiger partial charge in [0.2, 0.25) is 0 Å². The lowest BCUT2D eigenvalue weighted by Crippen LogP contribution is -2.33. The molecular weight excluding hydrogens is 368 g/mol. The molecule has 1 aromatic carbocycles. The van der Waals surface area contributed by atoms with E-state index in [2.05, 4.69) is 63.8 Å². The van der Waals surface area contributed by atoms with Gasteiger partial charge in [0.25, 0.3) is 0 Å². The molecule has 1 aliphatic heterocycles. The summed E-state index contributed by atoms with van der Waals surface area (Å²) in [6.07, 6.45) is 9.79. The third kappa shape index (κ3) is 3.75. The molecule has 0 atom stereocenters. The normalized spacial score (nSPS) is 15.6. The van der Waals surface area contributed by atoms with E-state index in [0.29, 0.717) is 5.92 Å². The van der Waals surface area contributed by atoms with Crippen molar-refractivity contribution in [1.82, 2.24) is 19.3 Å². The quantitative estimate of drug-likeness (QED) is 0.437. The summed E-state index contributed by atoms with van der Waals surface area (Å²) in [4.78, 5) is 11.9. The van der Waals surface area contributed by atoms with E-state index >= 15 is 0 Å². The molecule has 1 saturated heterocycles. The van der Waals surface area contributed by atoms with Crippen LogP contribution in [0.15, 0.2) is 73.2 Å². The van der Waals surface area contributed by atoms with Crippen LogP contribution < -0.4 is 0 Å². The van der Waals surface area contributed by atoms with E-state index in [0.717, 1.165) is 28.2 Å². The predicted octanol–water partition coefficient (Wildman–Crippen LogP) is 5.65. The van der Waals surface area contributed by atoms with Crippen molar-refractivity contribution in [2.24, 2.45) is 0 Å². The maximum absolute atomic E-state index is 4.73. The van der Waals surface area contributed by atoms with Crippen LogP contribution in [-0.2, 0) is 0 Å². The Kier molecular flexibility index (Phi) is 5.33. The van der Waals surface area contributed by atoms with Gasteiger partial charge in [-0.2, -0.15) is 0 Å². The van der Waals surface area contributed by atoms with E-state index in [4.69, 9.17) is 4.98 Å². The van der Waals surface area contributed by atoms with Crippen molar-refractivity contribution < 1.29 is 0 Å². The van der Waals surface area contributed by atoms with Gasteiger partial charge in [0.15, 0.2) is 0 Å². The van der Waals surface area contributed by atoms with Gasteiger partial charge in [-0.05, 0) is 74.6 Å². The largest absolute Gasteiger partial charge is 0.303 e. The number of pyridine rings is 2. The summed E-state index contributed by atoms with van der Waals surface area (Å²) in [5.41, 5.74) is 6.81. The monoisotopic (exact) mass is 396 g/mol. The van der Waals surface area contributed by atoms with Crippen LogP contribution in [0.3, 0.4) is 0 Å². The highest BCUT2D eigenvalue weighted by Crippen LogP contribution is 2.30. The second-order valence-corrected chi connectivity index (χ2v) is 8.24. The Labute approximate surface area is 178 Å². The van der Waals surface area contributed by atoms with Crippen LogP contribution in [0.5, 0.6) is 0 Å². The molecule has 0 saturated carbocycles. The number of imidazole rings is 1. The maximum atomic E-state index is 4.73. The van der Waals surface area contributed by atoms with Crippen molar-refractivity contribution >= 4 is 5.65 Å². The first-order chi connectivity index (χ1) is 14.8. The molecule has 4 aromatic rings. The molecule has 0 N–H and O–H groups in total. The fourth-order valence-electron chi connectivity index (χ4n) is 4.63. The number of hydrogen-bond donors (Lipinski definition) is 0. The Hall–Kier alpha value is -2.98. The number of benzene rings is 1. The van der Waals surface area contributed by atoms with Crippen molar-refractivity contribution in [2.45, 2.75) is 32.1 Å². The summed E-state index contributed by atoms with van der Waals surface area (Å²) in [5.74, 6) is 0.647. The lowest BCUT2D eigenvalue weighted by Gasteiger charge is -2.31. The minimum absolute atomic E-state index is 0.647. The van der Waals surface area contributed by atoms with Crippen molar-refractivity contribution in [2.75, 3.05) is 19.6 Å². The number of piperidine rings is 1. The molecule has 152 valence electrons. The zero-order valence-electron chi connectivity index (χ0n) is 17.5. The summed E-state index contributed by atoms with van der Waals surface area (Å²) in [5, 5.41) is 0. The molecule has 4 heterocycles. The van der Waals surface area contributed by atoms with Gasteiger partial charge in [-0.25, -0.2) is 4.98 Å². The lowest BCUT2D eigenvalue weighted by atomic mass is 9.90. The molecule has 1 aliphatic rings. The zero-order chi connectivity index (χ0) is 20.3. The fraction of sp³-hybridized carbons (Fsp3) is 0.308. The molecular formula is C26H28N4. The fourth-order valence-corrected chi connectivity index (χ4v) is 4.63. The van der Waals surface area contributed by atoms with E-state index in [9.17, 15) is 0 Å². The van der Waals surface area contributed by atoms with Gasteiger partial charge >= 0.3 is 0 Å². The van der Waals surface area contributed by atoms with Crippen molar-refractivity contribution in [1.29, 1.82) is 0 Å². The number of fused-ring (bicyclic) bond motifs is 1. The first-order valence-corrected chi connectivity index (χ1v) is 11.0. The molecule has 0 bridgehead atoms. The Morgan fingerprint density at radius 3 is 2.57 bits per heavy atom. The summed E-state index contributed by atoms with van der Waals surface area (Å²) in [6.45, 7) is 5.92. The number of hydrogen-bond acceptors (Lipinski definition) is 3. The Morgan fingerprint density at radius 1 is 0.933 bits per heavy atom. The average molecular weight is 397 g/mol. The van der Waals surface area contributed by atoms with Crippen LogP contribution in [0.4, 0.5) is 0 Å². The van der Waals surface area contributed by atoms with Crippen molar-refractivity contribution in [3.05, 3.63) is 78.8 Å². The maximum Gasteiger partial charge on any atom is 0.137 e. The van der Waals surface area contributed by atoms with Gasteiger partial charge in [-0.3, -0.25) is 9.38 Å².